The molecule has 1 heterocycles. The third-order valence-corrected chi connectivity index (χ3v) is 2.29. The van der Waals surface area contributed by atoms with E-state index in [0.29, 0.717) is 5.69 Å². The summed E-state index contributed by atoms with van der Waals surface area (Å²) in [5.74, 6) is -1.08. The zero-order valence-electron chi connectivity index (χ0n) is 8.61. The molecule has 0 aliphatic carbocycles. The molecule has 2 aromatic rings. The Kier molecular flexibility index (Phi) is 2.61. The van der Waals surface area contributed by atoms with Gasteiger partial charge < -0.3 is 9.67 Å². The third kappa shape index (κ3) is 2.00. The fourth-order valence-electron chi connectivity index (χ4n) is 1.54. The fraction of sp³-hybridized carbons (Fsp3) is 0. The second-order valence-electron chi connectivity index (χ2n) is 3.35. The first-order valence-corrected chi connectivity index (χ1v) is 4.75. The van der Waals surface area contributed by atoms with Gasteiger partial charge in [-0.1, -0.05) is 6.07 Å². The lowest BCUT2D eigenvalue weighted by atomic mass is 10.2. The molecule has 6 nitrogen and oxygen atoms in total. The number of non-ortho nitro benzene ring substituents is 1. The average Bonchev–Trinajstić information content (AvgIpc) is 2.78. The van der Waals surface area contributed by atoms with Gasteiger partial charge in [-0.15, -0.1) is 0 Å². The first-order valence-electron chi connectivity index (χ1n) is 4.75. The first-order chi connectivity index (χ1) is 8.09. The number of carbonyl (C=O) groups is 1. The molecule has 1 aromatic heterocycles. The lowest BCUT2D eigenvalue weighted by Crippen LogP contribution is -2.05. The Morgan fingerprint density at radius 3 is 2.71 bits per heavy atom. The number of nitrogens with zero attached hydrogens (tertiary/aromatic N) is 2. The Hall–Kier alpha value is -2.63. The number of aromatic carboxylic acids is 1. The van der Waals surface area contributed by atoms with Crippen LogP contribution in [-0.4, -0.2) is 20.6 Å². The maximum absolute atomic E-state index is 10.9. The zero-order chi connectivity index (χ0) is 12.4. The molecule has 0 saturated heterocycles. The van der Waals surface area contributed by atoms with Crippen LogP contribution in [0, 0.1) is 10.1 Å². The van der Waals surface area contributed by atoms with Crippen LogP contribution in [0.3, 0.4) is 0 Å². The summed E-state index contributed by atoms with van der Waals surface area (Å²) >= 11 is 0. The van der Waals surface area contributed by atoms with Crippen molar-refractivity contribution in [3.8, 4) is 5.69 Å². The van der Waals surface area contributed by atoms with Gasteiger partial charge in [0.1, 0.15) is 5.69 Å². The van der Waals surface area contributed by atoms with Gasteiger partial charge in [0.25, 0.3) is 5.69 Å². The molecule has 6 heteroatoms. The smallest absolute Gasteiger partial charge is 0.352 e. The predicted molar refractivity (Wildman–Crippen MR) is 59.4 cm³/mol. The number of hydrogen-bond acceptors (Lipinski definition) is 3. The summed E-state index contributed by atoms with van der Waals surface area (Å²) in [6.45, 7) is 0. The van der Waals surface area contributed by atoms with Crippen LogP contribution in [0.15, 0.2) is 42.6 Å². The van der Waals surface area contributed by atoms with Crippen molar-refractivity contribution in [2.24, 2.45) is 0 Å². The van der Waals surface area contributed by atoms with E-state index in [2.05, 4.69) is 0 Å². The first kappa shape index (κ1) is 10.9. The van der Waals surface area contributed by atoms with Gasteiger partial charge in [-0.3, -0.25) is 10.1 Å². The Morgan fingerprint density at radius 2 is 2.06 bits per heavy atom. The number of benzene rings is 1. The SMILES string of the molecule is O=C(O)c1cccn1-c1cccc([N+](=O)[O-])c1. The molecule has 0 aliphatic heterocycles. The van der Waals surface area contributed by atoms with Gasteiger partial charge in [0.15, 0.2) is 0 Å². The lowest BCUT2D eigenvalue weighted by Gasteiger charge is -2.05. The average molecular weight is 232 g/mol. The maximum atomic E-state index is 10.9. The van der Waals surface area contributed by atoms with E-state index in [-0.39, 0.29) is 11.4 Å². The Bertz CT molecular complexity index is 589. The molecule has 0 bridgehead atoms. The Labute approximate surface area is 95.9 Å². The van der Waals surface area contributed by atoms with Crippen molar-refractivity contribution >= 4 is 11.7 Å². The van der Waals surface area contributed by atoms with Crippen molar-refractivity contribution in [1.29, 1.82) is 0 Å². The molecule has 0 amide bonds. The Morgan fingerprint density at radius 1 is 1.29 bits per heavy atom. The van der Waals surface area contributed by atoms with Crippen molar-refractivity contribution in [2.45, 2.75) is 0 Å². The molecular weight excluding hydrogens is 224 g/mol. The van der Waals surface area contributed by atoms with E-state index < -0.39 is 10.9 Å². The van der Waals surface area contributed by atoms with Gasteiger partial charge >= 0.3 is 5.97 Å². The molecule has 1 aromatic carbocycles. The van der Waals surface area contributed by atoms with E-state index in [9.17, 15) is 14.9 Å². The third-order valence-electron chi connectivity index (χ3n) is 2.29. The lowest BCUT2D eigenvalue weighted by molar-refractivity contribution is -0.384. The van der Waals surface area contributed by atoms with E-state index in [1.807, 2.05) is 0 Å². The number of nitro groups is 1. The minimum absolute atomic E-state index is 0.0606. The zero-order valence-corrected chi connectivity index (χ0v) is 8.61. The molecule has 0 saturated carbocycles. The molecule has 0 spiro atoms. The summed E-state index contributed by atoms with van der Waals surface area (Å²) in [6.07, 6.45) is 1.54. The van der Waals surface area contributed by atoms with E-state index in [1.54, 1.807) is 18.3 Å². The quantitative estimate of drug-likeness (QED) is 0.648. The van der Waals surface area contributed by atoms with Crippen LogP contribution in [0.2, 0.25) is 0 Å². The predicted octanol–water partition coefficient (Wildman–Crippen LogP) is 2.08. The van der Waals surface area contributed by atoms with Gasteiger partial charge in [-0.2, -0.15) is 0 Å². The summed E-state index contributed by atoms with van der Waals surface area (Å²) in [4.78, 5) is 21.0. The Balaban J connectivity index is 2.53. The summed E-state index contributed by atoms with van der Waals surface area (Å²) in [6, 6.07) is 8.81. The van der Waals surface area contributed by atoms with E-state index in [1.165, 1.54) is 28.8 Å². The van der Waals surface area contributed by atoms with Crippen LogP contribution in [-0.2, 0) is 0 Å². The highest BCUT2D eigenvalue weighted by Gasteiger charge is 2.12. The van der Waals surface area contributed by atoms with Crippen LogP contribution in [0.4, 0.5) is 5.69 Å². The largest absolute Gasteiger partial charge is 0.477 e. The van der Waals surface area contributed by atoms with Crippen molar-refractivity contribution < 1.29 is 14.8 Å². The molecule has 0 radical (unpaired) electrons. The number of carboxylic acids is 1. The molecule has 2 rings (SSSR count). The molecule has 0 fully saturated rings. The highest BCUT2D eigenvalue weighted by molar-refractivity contribution is 5.86. The van der Waals surface area contributed by atoms with E-state index in [0.717, 1.165) is 0 Å². The summed E-state index contributed by atoms with van der Waals surface area (Å²) < 4.78 is 1.38. The molecular formula is C11H8N2O4. The molecule has 17 heavy (non-hydrogen) atoms. The minimum atomic E-state index is -1.08. The van der Waals surface area contributed by atoms with Gasteiger partial charge in [-0.25, -0.2) is 4.79 Å². The minimum Gasteiger partial charge on any atom is -0.477 e. The number of aromatic nitrogens is 1. The number of rotatable bonds is 3. The van der Waals surface area contributed by atoms with Gasteiger partial charge in [0.05, 0.1) is 10.6 Å². The standard InChI is InChI=1S/C11H8N2O4/c14-11(15)10-5-2-6-12(10)8-3-1-4-9(7-8)13(16)17/h1-7H,(H,14,15). The summed E-state index contributed by atoms with van der Waals surface area (Å²) in [7, 11) is 0. The molecule has 0 unspecified atom stereocenters. The van der Waals surface area contributed by atoms with Crippen LogP contribution in [0.5, 0.6) is 0 Å². The van der Waals surface area contributed by atoms with Crippen LogP contribution in [0.25, 0.3) is 5.69 Å². The monoisotopic (exact) mass is 232 g/mol. The van der Waals surface area contributed by atoms with Crippen molar-refractivity contribution in [3.63, 3.8) is 0 Å². The molecule has 0 atom stereocenters. The van der Waals surface area contributed by atoms with Crippen molar-refractivity contribution in [3.05, 3.63) is 58.4 Å². The van der Waals surface area contributed by atoms with Gasteiger partial charge in [-0.05, 0) is 18.2 Å². The van der Waals surface area contributed by atoms with Crippen molar-refractivity contribution in [1.82, 2.24) is 4.57 Å². The van der Waals surface area contributed by atoms with Gasteiger partial charge in [0, 0.05) is 18.3 Å². The number of carboxylic acid groups (broad SMARTS) is 1. The van der Waals surface area contributed by atoms with E-state index in [4.69, 9.17) is 5.11 Å². The number of hydrogen-bond donors (Lipinski definition) is 1. The van der Waals surface area contributed by atoms with E-state index >= 15 is 0 Å². The summed E-state index contributed by atoms with van der Waals surface area (Å²) in [5, 5.41) is 19.6. The highest BCUT2D eigenvalue weighted by Crippen LogP contribution is 2.18. The van der Waals surface area contributed by atoms with Crippen LogP contribution in [0.1, 0.15) is 10.5 Å². The molecule has 1 N–H and O–H groups in total. The fourth-order valence-corrected chi connectivity index (χ4v) is 1.54. The normalized spacial score (nSPS) is 10.1. The summed E-state index contributed by atoms with van der Waals surface area (Å²) in [5.41, 5.74) is 0.430. The molecule has 0 aliphatic rings. The topological polar surface area (TPSA) is 85.4 Å². The second-order valence-corrected chi connectivity index (χ2v) is 3.35. The highest BCUT2D eigenvalue weighted by atomic mass is 16.6. The van der Waals surface area contributed by atoms with Gasteiger partial charge in [0.2, 0.25) is 0 Å². The second kappa shape index (κ2) is 4.09. The maximum Gasteiger partial charge on any atom is 0.352 e. The number of nitro benzene ring substituents is 1. The van der Waals surface area contributed by atoms with Crippen molar-refractivity contribution in [2.75, 3.05) is 0 Å². The van der Waals surface area contributed by atoms with Crippen LogP contribution >= 0.6 is 0 Å². The molecule has 86 valence electrons. The van der Waals surface area contributed by atoms with Crippen LogP contribution < -0.4 is 0 Å².